The third-order valence-corrected chi connectivity index (χ3v) is 4.74. The molecular weight excluding hydrogens is 328 g/mol. The van der Waals surface area contributed by atoms with Gasteiger partial charge in [0.05, 0.1) is 5.56 Å². The number of piperazine rings is 1. The molecule has 26 heavy (non-hydrogen) atoms. The lowest BCUT2D eigenvalue weighted by Crippen LogP contribution is -2.49. The van der Waals surface area contributed by atoms with Crippen LogP contribution >= 0.6 is 0 Å². The first-order valence-electron chi connectivity index (χ1n) is 8.97. The summed E-state index contributed by atoms with van der Waals surface area (Å²) in [5.74, 6) is 0.393. The Morgan fingerprint density at radius 1 is 1.08 bits per heavy atom. The second-order valence-corrected chi connectivity index (χ2v) is 6.87. The largest absolute Gasteiger partial charge is 0.423 e. The highest BCUT2D eigenvalue weighted by Crippen LogP contribution is 2.23. The van der Waals surface area contributed by atoms with Crippen LogP contribution < -0.4 is 4.90 Å². The topological polar surface area (TPSA) is 62.5 Å². The van der Waals surface area contributed by atoms with Crippen molar-refractivity contribution in [2.75, 3.05) is 31.1 Å². The highest BCUT2D eigenvalue weighted by atomic mass is 16.4. The molecule has 6 heteroatoms. The maximum absolute atomic E-state index is 12.7. The number of aromatic nitrogens is 2. The van der Waals surface area contributed by atoms with E-state index in [1.165, 1.54) is 0 Å². The summed E-state index contributed by atoms with van der Waals surface area (Å²) < 4.78 is 5.82. The Kier molecular flexibility index (Phi) is 4.32. The van der Waals surface area contributed by atoms with Gasteiger partial charge in [0.15, 0.2) is 5.58 Å². The van der Waals surface area contributed by atoms with Crippen molar-refractivity contribution in [1.29, 1.82) is 0 Å². The maximum Gasteiger partial charge on any atom is 0.298 e. The number of rotatable bonds is 3. The number of carbonyl (C=O) groups excluding carboxylic acids is 1. The predicted octanol–water partition coefficient (Wildman–Crippen LogP) is 3.31. The molecule has 0 unspecified atom stereocenters. The minimum absolute atomic E-state index is 0.0324. The van der Waals surface area contributed by atoms with Gasteiger partial charge in [0.2, 0.25) is 0 Å². The lowest BCUT2D eigenvalue weighted by atomic mass is 10.1. The van der Waals surface area contributed by atoms with Gasteiger partial charge in [0, 0.05) is 38.1 Å². The van der Waals surface area contributed by atoms with Crippen molar-refractivity contribution in [3.63, 3.8) is 0 Å². The number of amides is 1. The quantitative estimate of drug-likeness (QED) is 0.725. The second-order valence-electron chi connectivity index (χ2n) is 6.87. The van der Waals surface area contributed by atoms with Crippen LogP contribution in [0.2, 0.25) is 0 Å². The summed E-state index contributed by atoms with van der Waals surface area (Å²) in [5.41, 5.74) is 3.29. The summed E-state index contributed by atoms with van der Waals surface area (Å²) in [6, 6.07) is 12.2. The van der Waals surface area contributed by atoms with Gasteiger partial charge in [-0.05, 0) is 30.2 Å². The van der Waals surface area contributed by atoms with Crippen LogP contribution in [0.3, 0.4) is 0 Å². The van der Waals surface area contributed by atoms with E-state index >= 15 is 0 Å². The third-order valence-electron chi connectivity index (χ3n) is 4.74. The highest BCUT2D eigenvalue weighted by molar-refractivity contribution is 5.94. The van der Waals surface area contributed by atoms with Crippen LogP contribution in [-0.4, -0.2) is 47.0 Å². The van der Waals surface area contributed by atoms with Crippen molar-refractivity contribution in [3.05, 3.63) is 53.9 Å². The Morgan fingerprint density at radius 2 is 1.85 bits per heavy atom. The number of nitrogens with zero attached hydrogens (tertiary/aromatic N) is 4. The van der Waals surface area contributed by atoms with Crippen LogP contribution in [0.4, 0.5) is 6.01 Å². The molecule has 1 aliphatic rings. The normalized spacial score (nSPS) is 15.0. The van der Waals surface area contributed by atoms with E-state index in [0.717, 1.165) is 16.8 Å². The Bertz CT molecular complexity index is 876. The fourth-order valence-corrected chi connectivity index (χ4v) is 3.15. The van der Waals surface area contributed by atoms with Crippen molar-refractivity contribution in [2.24, 2.45) is 0 Å². The lowest BCUT2D eigenvalue weighted by molar-refractivity contribution is 0.0744. The first-order chi connectivity index (χ1) is 12.6. The third kappa shape index (κ3) is 3.14. The van der Waals surface area contributed by atoms with E-state index < -0.39 is 0 Å². The number of fused-ring (bicyclic) bond motifs is 1. The summed E-state index contributed by atoms with van der Waals surface area (Å²) in [6.07, 6.45) is 1.69. The minimum atomic E-state index is 0.0324. The van der Waals surface area contributed by atoms with E-state index in [0.29, 0.717) is 43.7 Å². The van der Waals surface area contributed by atoms with E-state index in [9.17, 15) is 4.79 Å². The zero-order chi connectivity index (χ0) is 18.1. The standard InChI is InChI=1S/C20H22N4O2/c1-14(2)16-8-7-15(13-21-16)19(25)23-9-11-24(12-10-23)20-22-17-5-3-4-6-18(17)26-20/h3-8,13-14H,9-12H2,1-2H3. The van der Waals surface area contributed by atoms with Crippen molar-refractivity contribution in [3.8, 4) is 0 Å². The molecule has 3 aromatic rings. The van der Waals surface area contributed by atoms with Crippen LogP contribution in [0.5, 0.6) is 0 Å². The summed E-state index contributed by atoms with van der Waals surface area (Å²) in [5, 5.41) is 0. The van der Waals surface area contributed by atoms with Crippen LogP contribution in [0.1, 0.15) is 35.8 Å². The molecule has 0 bridgehead atoms. The first kappa shape index (κ1) is 16.6. The molecule has 4 rings (SSSR count). The molecule has 6 nitrogen and oxygen atoms in total. The number of benzene rings is 1. The Morgan fingerprint density at radius 3 is 2.50 bits per heavy atom. The molecule has 3 heterocycles. The van der Waals surface area contributed by atoms with E-state index in [2.05, 4.69) is 28.7 Å². The van der Waals surface area contributed by atoms with Crippen LogP contribution in [-0.2, 0) is 0 Å². The molecular formula is C20H22N4O2. The van der Waals surface area contributed by atoms with Gasteiger partial charge >= 0.3 is 0 Å². The molecule has 0 spiro atoms. The number of hydrogen-bond donors (Lipinski definition) is 0. The molecule has 0 saturated carbocycles. The SMILES string of the molecule is CC(C)c1ccc(C(=O)N2CCN(c3nc4ccccc4o3)CC2)cn1. The van der Waals surface area contributed by atoms with Crippen LogP contribution in [0.25, 0.3) is 11.1 Å². The van der Waals surface area contributed by atoms with E-state index in [4.69, 9.17) is 4.42 Å². The van der Waals surface area contributed by atoms with Gasteiger partial charge in [0.25, 0.3) is 11.9 Å². The molecule has 2 aromatic heterocycles. The molecule has 134 valence electrons. The second kappa shape index (κ2) is 6.78. The van der Waals surface area contributed by atoms with Gasteiger partial charge in [-0.15, -0.1) is 0 Å². The fraction of sp³-hybridized carbons (Fsp3) is 0.350. The molecule has 0 N–H and O–H groups in total. The zero-order valence-electron chi connectivity index (χ0n) is 15.1. The monoisotopic (exact) mass is 350 g/mol. The summed E-state index contributed by atoms with van der Waals surface area (Å²) in [6.45, 7) is 6.88. The smallest absolute Gasteiger partial charge is 0.298 e. The molecule has 1 saturated heterocycles. The lowest BCUT2D eigenvalue weighted by Gasteiger charge is -2.33. The summed E-state index contributed by atoms with van der Waals surface area (Å²) in [7, 11) is 0. The average Bonchev–Trinajstić information content (AvgIpc) is 3.12. The van der Waals surface area contributed by atoms with Crippen molar-refractivity contribution in [2.45, 2.75) is 19.8 Å². The number of carbonyl (C=O) groups is 1. The van der Waals surface area contributed by atoms with E-state index in [1.807, 2.05) is 41.3 Å². The van der Waals surface area contributed by atoms with Crippen LogP contribution in [0, 0.1) is 0 Å². The first-order valence-corrected chi connectivity index (χ1v) is 8.97. The van der Waals surface area contributed by atoms with Crippen LogP contribution in [0.15, 0.2) is 47.0 Å². The minimum Gasteiger partial charge on any atom is -0.423 e. The van der Waals surface area contributed by atoms with Gasteiger partial charge in [-0.1, -0.05) is 26.0 Å². The van der Waals surface area contributed by atoms with E-state index in [1.54, 1.807) is 6.20 Å². The maximum atomic E-state index is 12.7. The molecule has 1 aliphatic heterocycles. The van der Waals surface area contributed by atoms with Gasteiger partial charge in [-0.25, -0.2) is 0 Å². The highest BCUT2D eigenvalue weighted by Gasteiger charge is 2.25. The number of oxazole rings is 1. The van der Waals surface area contributed by atoms with Gasteiger partial charge in [0.1, 0.15) is 5.52 Å². The molecule has 1 aromatic carbocycles. The van der Waals surface area contributed by atoms with Gasteiger partial charge < -0.3 is 14.2 Å². The number of para-hydroxylation sites is 2. The average molecular weight is 350 g/mol. The van der Waals surface area contributed by atoms with Gasteiger partial charge in [-0.2, -0.15) is 4.98 Å². The predicted molar refractivity (Wildman–Crippen MR) is 100 cm³/mol. The van der Waals surface area contributed by atoms with Gasteiger partial charge in [-0.3, -0.25) is 9.78 Å². The zero-order valence-corrected chi connectivity index (χ0v) is 15.1. The molecule has 0 atom stereocenters. The fourth-order valence-electron chi connectivity index (χ4n) is 3.15. The summed E-state index contributed by atoms with van der Waals surface area (Å²) >= 11 is 0. The Labute approximate surface area is 152 Å². The molecule has 0 radical (unpaired) electrons. The van der Waals surface area contributed by atoms with Crippen molar-refractivity contribution < 1.29 is 9.21 Å². The van der Waals surface area contributed by atoms with Crippen molar-refractivity contribution >= 4 is 23.0 Å². The molecule has 1 fully saturated rings. The Balaban J connectivity index is 1.41. The van der Waals surface area contributed by atoms with E-state index in [-0.39, 0.29) is 5.91 Å². The number of hydrogen-bond acceptors (Lipinski definition) is 5. The molecule has 0 aliphatic carbocycles. The van der Waals surface area contributed by atoms with Crippen molar-refractivity contribution in [1.82, 2.24) is 14.9 Å². The Hall–Kier alpha value is -2.89. The summed E-state index contributed by atoms with van der Waals surface area (Å²) in [4.78, 5) is 25.6. The molecule has 1 amide bonds. The number of anilines is 1. The number of pyridine rings is 1.